The number of pyridine rings is 1. The van der Waals surface area contributed by atoms with Gasteiger partial charge < -0.3 is 19.5 Å². The quantitative estimate of drug-likeness (QED) is 0.738. The SMILES string of the molecule is COC(=O)c1ccc(OC[C@H](O)CN2CCN(c3ccccn3)CC2)cc1. The number of hydrogen-bond acceptors (Lipinski definition) is 7. The average molecular weight is 371 g/mol. The highest BCUT2D eigenvalue weighted by Gasteiger charge is 2.20. The van der Waals surface area contributed by atoms with Crippen LogP contribution in [0.5, 0.6) is 5.75 Å². The van der Waals surface area contributed by atoms with Gasteiger partial charge in [-0.1, -0.05) is 6.07 Å². The number of aromatic nitrogens is 1. The minimum absolute atomic E-state index is 0.206. The zero-order valence-electron chi connectivity index (χ0n) is 15.5. The molecule has 0 unspecified atom stereocenters. The summed E-state index contributed by atoms with van der Waals surface area (Å²) >= 11 is 0. The summed E-state index contributed by atoms with van der Waals surface area (Å²) in [6.07, 6.45) is 1.23. The number of aliphatic hydroxyl groups is 1. The van der Waals surface area contributed by atoms with Gasteiger partial charge in [-0.2, -0.15) is 0 Å². The molecule has 1 aliphatic heterocycles. The van der Waals surface area contributed by atoms with Crippen molar-refractivity contribution in [2.75, 3.05) is 51.3 Å². The van der Waals surface area contributed by atoms with Gasteiger partial charge in [0.25, 0.3) is 0 Å². The molecular weight excluding hydrogens is 346 g/mol. The second-order valence-corrected chi connectivity index (χ2v) is 6.46. The molecule has 1 fully saturated rings. The van der Waals surface area contributed by atoms with Crippen LogP contribution in [0.1, 0.15) is 10.4 Å². The average Bonchev–Trinajstić information content (AvgIpc) is 2.73. The first-order valence-corrected chi connectivity index (χ1v) is 9.03. The third-order valence-corrected chi connectivity index (χ3v) is 4.53. The maximum absolute atomic E-state index is 11.4. The minimum atomic E-state index is -0.577. The van der Waals surface area contributed by atoms with E-state index in [2.05, 4.69) is 19.5 Å². The molecular formula is C20H25N3O4. The molecule has 0 amide bonds. The van der Waals surface area contributed by atoms with Crippen molar-refractivity contribution in [2.24, 2.45) is 0 Å². The summed E-state index contributed by atoms with van der Waals surface area (Å²) in [6.45, 7) is 4.30. The van der Waals surface area contributed by atoms with Crippen molar-refractivity contribution in [1.82, 2.24) is 9.88 Å². The Morgan fingerprint density at radius 1 is 1.15 bits per heavy atom. The summed E-state index contributed by atoms with van der Waals surface area (Å²) in [6, 6.07) is 12.6. The third-order valence-electron chi connectivity index (χ3n) is 4.53. The molecule has 0 bridgehead atoms. The van der Waals surface area contributed by atoms with Crippen LogP contribution in [0.3, 0.4) is 0 Å². The van der Waals surface area contributed by atoms with Gasteiger partial charge in [0.2, 0.25) is 0 Å². The molecule has 7 nitrogen and oxygen atoms in total. The number of β-amino-alcohol motifs (C(OH)–C–C–N with tert-alkyl or cyclic N) is 1. The Balaban J connectivity index is 1.40. The van der Waals surface area contributed by atoms with Gasteiger partial charge in [-0.05, 0) is 36.4 Å². The monoisotopic (exact) mass is 371 g/mol. The molecule has 0 spiro atoms. The molecule has 1 N–H and O–H groups in total. The highest BCUT2D eigenvalue weighted by Crippen LogP contribution is 2.15. The van der Waals surface area contributed by atoms with Gasteiger partial charge in [0, 0.05) is 38.9 Å². The molecule has 1 saturated heterocycles. The number of rotatable bonds is 7. The molecule has 1 aromatic heterocycles. The Kier molecular flexibility index (Phi) is 6.62. The fraction of sp³-hybridized carbons (Fsp3) is 0.400. The van der Waals surface area contributed by atoms with E-state index in [0.29, 0.717) is 17.9 Å². The number of hydrogen-bond donors (Lipinski definition) is 1. The maximum Gasteiger partial charge on any atom is 0.337 e. The summed E-state index contributed by atoms with van der Waals surface area (Å²) in [4.78, 5) is 20.3. The number of ether oxygens (including phenoxy) is 2. The first kappa shape index (κ1) is 19.1. The number of anilines is 1. The van der Waals surface area contributed by atoms with Crippen molar-refractivity contribution in [3.05, 3.63) is 54.2 Å². The largest absolute Gasteiger partial charge is 0.491 e. The number of aliphatic hydroxyl groups excluding tert-OH is 1. The number of carbonyl (C=O) groups excluding carboxylic acids is 1. The lowest BCUT2D eigenvalue weighted by atomic mass is 10.2. The lowest BCUT2D eigenvalue weighted by Crippen LogP contribution is -2.49. The van der Waals surface area contributed by atoms with Gasteiger partial charge in [0.1, 0.15) is 24.3 Å². The van der Waals surface area contributed by atoms with Crippen molar-refractivity contribution in [3.8, 4) is 5.75 Å². The van der Waals surface area contributed by atoms with E-state index in [1.54, 1.807) is 30.5 Å². The van der Waals surface area contributed by atoms with Crippen LogP contribution in [0.25, 0.3) is 0 Å². The van der Waals surface area contributed by atoms with Gasteiger partial charge in [-0.25, -0.2) is 9.78 Å². The molecule has 3 rings (SSSR count). The number of esters is 1. The van der Waals surface area contributed by atoms with Gasteiger partial charge in [-0.3, -0.25) is 4.90 Å². The van der Waals surface area contributed by atoms with Crippen molar-refractivity contribution in [1.29, 1.82) is 0 Å². The predicted octanol–water partition coefficient (Wildman–Crippen LogP) is 1.43. The van der Waals surface area contributed by atoms with Crippen molar-refractivity contribution >= 4 is 11.8 Å². The summed E-state index contributed by atoms with van der Waals surface area (Å²) < 4.78 is 10.3. The second kappa shape index (κ2) is 9.34. The van der Waals surface area contributed by atoms with E-state index in [-0.39, 0.29) is 12.6 Å². The van der Waals surface area contributed by atoms with E-state index < -0.39 is 6.10 Å². The zero-order chi connectivity index (χ0) is 19.1. The van der Waals surface area contributed by atoms with Crippen molar-refractivity contribution in [3.63, 3.8) is 0 Å². The highest BCUT2D eigenvalue weighted by molar-refractivity contribution is 5.89. The number of benzene rings is 1. The second-order valence-electron chi connectivity index (χ2n) is 6.46. The standard InChI is InChI=1S/C20H25N3O4/c1-26-20(25)16-5-7-18(8-6-16)27-15-17(24)14-22-10-12-23(13-11-22)19-4-2-3-9-21-19/h2-9,17,24H,10-15H2,1H3/t17-/m1/s1. The minimum Gasteiger partial charge on any atom is -0.491 e. The van der Waals surface area contributed by atoms with E-state index in [1.807, 2.05) is 18.2 Å². The van der Waals surface area contributed by atoms with E-state index in [4.69, 9.17) is 4.74 Å². The highest BCUT2D eigenvalue weighted by atomic mass is 16.5. The van der Waals surface area contributed by atoms with Gasteiger partial charge in [-0.15, -0.1) is 0 Å². The Morgan fingerprint density at radius 2 is 1.89 bits per heavy atom. The molecule has 144 valence electrons. The van der Waals surface area contributed by atoms with Crippen molar-refractivity contribution < 1.29 is 19.4 Å². The topological polar surface area (TPSA) is 75.1 Å². The number of carbonyl (C=O) groups is 1. The molecule has 2 aromatic rings. The summed E-state index contributed by atoms with van der Waals surface area (Å²) in [5, 5.41) is 10.3. The van der Waals surface area contributed by atoms with Crippen molar-refractivity contribution in [2.45, 2.75) is 6.10 Å². The molecule has 0 radical (unpaired) electrons. The summed E-state index contributed by atoms with van der Waals surface area (Å²) in [5.41, 5.74) is 0.469. The smallest absolute Gasteiger partial charge is 0.337 e. The van der Waals surface area contributed by atoms with E-state index in [0.717, 1.165) is 32.0 Å². The van der Waals surface area contributed by atoms with Crippen LogP contribution in [0.4, 0.5) is 5.82 Å². The van der Waals surface area contributed by atoms with E-state index >= 15 is 0 Å². The summed E-state index contributed by atoms with van der Waals surface area (Å²) in [5.74, 6) is 1.23. The van der Waals surface area contributed by atoms with Crippen LogP contribution in [0.15, 0.2) is 48.7 Å². The number of piperazine rings is 1. The van der Waals surface area contributed by atoms with Gasteiger partial charge >= 0.3 is 5.97 Å². The Hall–Kier alpha value is -2.64. The van der Waals surface area contributed by atoms with Crippen LogP contribution in [0, 0.1) is 0 Å². The third kappa shape index (κ3) is 5.42. The molecule has 1 aromatic carbocycles. The Morgan fingerprint density at radius 3 is 2.52 bits per heavy atom. The molecule has 1 atom stereocenters. The Labute approximate surface area is 159 Å². The van der Waals surface area contributed by atoms with Gasteiger partial charge in [0.15, 0.2) is 0 Å². The van der Waals surface area contributed by atoms with Crippen LogP contribution in [0.2, 0.25) is 0 Å². The van der Waals surface area contributed by atoms with Crippen LogP contribution >= 0.6 is 0 Å². The van der Waals surface area contributed by atoms with Gasteiger partial charge in [0.05, 0.1) is 12.7 Å². The lowest BCUT2D eigenvalue weighted by molar-refractivity contribution is 0.0599. The Bertz CT molecular complexity index is 716. The maximum atomic E-state index is 11.4. The first-order chi connectivity index (χ1) is 13.2. The van der Waals surface area contributed by atoms with E-state index in [9.17, 15) is 9.90 Å². The molecule has 7 heteroatoms. The first-order valence-electron chi connectivity index (χ1n) is 9.03. The fourth-order valence-corrected chi connectivity index (χ4v) is 3.05. The number of methoxy groups -OCH3 is 1. The fourth-order valence-electron chi connectivity index (χ4n) is 3.05. The molecule has 0 saturated carbocycles. The van der Waals surface area contributed by atoms with Crippen LogP contribution in [-0.2, 0) is 4.74 Å². The molecule has 2 heterocycles. The van der Waals surface area contributed by atoms with E-state index in [1.165, 1.54) is 7.11 Å². The number of nitrogens with zero attached hydrogens (tertiary/aromatic N) is 3. The molecule has 0 aliphatic carbocycles. The van der Waals surface area contributed by atoms with Crippen LogP contribution in [-0.4, -0.2) is 73.5 Å². The van der Waals surface area contributed by atoms with Crippen LogP contribution < -0.4 is 9.64 Å². The molecule has 27 heavy (non-hydrogen) atoms. The zero-order valence-corrected chi connectivity index (χ0v) is 15.5. The molecule has 1 aliphatic rings. The lowest BCUT2D eigenvalue weighted by Gasteiger charge is -2.36. The normalized spacial score (nSPS) is 16.0. The summed E-state index contributed by atoms with van der Waals surface area (Å²) in [7, 11) is 1.35. The predicted molar refractivity (Wildman–Crippen MR) is 102 cm³/mol.